The highest BCUT2D eigenvalue weighted by Gasteiger charge is 2.23. The average molecular weight is 246 g/mol. The van der Waals surface area contributed by atoms with Gasteiger partial charge in [-0.15, -0.1) is 0 Å². The smallest absolute Gasteiger partial charge is 0.261 e. The molecule has 3 heterocycles. The number of rotatable bonds is 3. The van der Waals surface area contributed by atoms with Gasteiger partial charge in [-0.1, -0.05) is 12.1 Å². The zero-order valence-corrected chi connectivity index (χ0v) is 10.2. The molecule has 6 nitrogen and oxygen atoms in total. The van der Waals surface area contributed by atoms with Gasteiger partial charge < -0.3 is 9.26 Å². The SMILES string of the molecule is CCc1ncc(-c2nc([C@@H]3CCOC3)no2)cn1. The van der Waals surface area contributed by atoms with E-state index < -0.39 is 0 Å². The fraction of sp³-hybridized carbons (Fsp3) is 0.500. The van der Waals surface area contributed by atoms with Gasteiger partial charge in [0.25, 0.3) is 5.89 Å². The minimum absolute atomic E-state index is 0.248. The Bertz CT molecular complexity index is 517. The third-order valence-electron chi connectivity index (χ3n) is 3.01. The zero-order valence-electron chi connectivity index (χ0n) is 10.2. The van der Waals surface area contributed by atoms with Crippen molar-refractivity contribution in [1.29, 1.82) is 0 Å². The number of nitrogens with zero attached hydrogens (tertiary/aromatic N) is 4. The van der Waals surface area contributed by atoms with Crippen LogP contribution < -0.4 is 0 Å². The Morgan fingerprint density at radius 2 is 2.17 bits per heavy atom. The molecule has 0 aliphatic carbocycles. The van der Waals surface area contributed by atoms with E-state index in [2.05, 4.69) is 20.1 Å². The van der Waals surface area contributed by atoms with Crippen molar-refractivity contribution in [2.75, 3.05) is 13.2 Å². The molecule has 1 fully saturated rings. The Hall–Kier alpha value is -1.82. The van der Waals surface area contributed by atoms with E-state index in [4.69, 9.17) is 9.26 Å². The summed E-state index contributed by atoms with van der Waals surface area (Å²) < 4.78 is 10.6. The van der Waals surface area contributed by atoms with Crippen molar-refractivity contribution < 1.29 is 9.26 Å². The summed E-state index contributed by atoms with van der Waals surface area (Å²) in [5.74, 6) is 2.24. The maximum atomic E-state index is 5.31. The summed E-state index contributed by atoms with van der Waals surface area (Å²) in [6.45, 7) is 3.45. The minimum Gasteiger partial charge on any atom is -0.381 e. The molecule has 1 atom stereocenters. The Morgan fingerprint density at radius 3 is 2.83 bits per heavy atom. The van der Waals surface area contributed by atoms with E-state index in [1.807, 2.05) is 6.92 Å². The molecule has 0 unspecified atom stereocenters. The summed E-state index contributed by atoms with van der Waals surface area (Å²) in [4.78, 5) is 12.8. The first-order valence-electron chi connectivity index (χ1n) is 6.09. The van der Waals surface area contributed by atoms with Crippen LogP contribution in [0.5, 0.6) is 0 Å². The number of hydrogen-bond acceptors (Lipinski definition) is 6. The van der Waals surface area contributed by atoms with E-state index in [1.54, 1.807) is 12.4 Å². The van der Waals surface area contributed by atoms with Crippen molar-refractivity contribution >= 4 is 0 Å². The first-order chi connectivity index (χ1) is 8.86. The molecule has 0 bridgehead atoms. The summed E-state index contributed by atoms with van der Waals surface area (Å²) in [5.41, 5.74) is 0.755. The number of aromatic nitrogens is 4. The first-order valence-corrected chi connectivity index (χ1v) is 6.09. The molecule has 0 N–H and O–H groups in total. The molecule has 2 aromatic rings. The first kappa shape index (κ1) is 11.3. The van der Waals surface area contributed by atoms with Crippen LogP contribution in [0.3, 0.4) is 0 Å². The molecule has 94 valence electrons. The average Bonchev–Trinajstić information content (AvgIpc) is 3.09. The molecule has 0 radical (unpaired) electrons. The van der Waals surface area contributed by atoms with Crippen molar-refractivity contribution in [1.82, 2.24) is 20.1 Å². The zero-order chi connectivity index (χ0) is 12.4. The highest BCUT2D eigenvalue weighted by atomic mass is 16.5. The maximum Gasteiger partial charge on any atom is 0.261 e. The largest absolute Gasteiger partial charge is 0.381 e. The van der Waals surface area contributed by atoms with Gasteiger partial charge in [0.05, 0.1) is 12.2 Å². The Labute approximate surface area is 104 Å². The van der Waals surface area contributed by atoms with Gasteiger partial charge in [0, 0.05) is 31.3 Å². The van der Waals surface area contributed by atoms with E-state index in [1.165, 1.54) is 0 Å². The summed E-state index contributed by atoms with van der Waals surface area (Å²) in [6.07, 6.45) is 5.20. The van der Waals surface area contributed by atoms with Crippen LogP contribution in [0, 0.1) is 0 Å². The van der Waals surface area contributed by atoms with Crippen LogP contribution in [-0.4, -0.2) is 33.3 Å². The van der Waals surface area contributed by atoms with Crippen LogP contribution in [-0.2, 0) is 11.2 Å². The van der Waals surface area contributed by atoms with Crippen LogP contribution in [0.15, 0.2) is 16.9 Å². The number of ether oxygens (including phenoxy) is 1. The van der Waals surface area contributed by atoms with Crippen LogP contribution in [0.25, 0.3) is 11.5 Å². The van der Waals surface area contributed by atoms with Crippen molar-refractivity contribution in [3.8, 4) is 11.5 Å². The van der Waals surface area contributed by atoms with Gasteiger partial charge in [-0.05, 0) is 6.42 Å². The molecule has 0 saturated carbocycles. The predicted molar refractivity (Wildman–Crippen MR) is 62.9 cm³/mol. The Morgan fingerprint density at radius 1 is 1.33 bits per heavy atom. The van der Waals surface area contributed by atoms with Gasteiger partial charge in [0.15, 0.2) is 5.82 Å². The molecule has 0 aromatic carbocycles. The van der Waals surface area contributed by atoms with Crippen molar-refractivity contribution in [2.24, 2.45) is 0 Å². The quantitative estimate of drug-likeness (QED) is 0.818. The fourth-order valence-electron chi connectivity index (χ4n) is 1.90. The topological polar surface area (TPSA) is 73.9 Å². The van der Waals surface area contributed by atoms with E-state index in [9.17, 15) is 0 Å². The summed E-state index contributed by atoms with van der Waals surface area (Å²) in [7, 11) is 0. The van der Waals surface area contributed by atoms with Crippen molar-refractivity contribution in [2.45, 2.75) is 25.7 Å². The second kappa shape index (κ2) is 4.81. The maximum absolute atomic E-state index is 5.31. The van der Waals surface area contributed by atoms with E-state index in [0.29, 0.717) is 18.3 Å². The van der Waals surface area contributed by atoms with Gasteiger partial charge in [-0.2, -0.15) is 4.98 Å². The molecule has 0 spiro atoms. The van der Waals surface area contributed by atoms with Crippen LogP contribution in [0.1, 0.15) is 30.9 Å². The lowest BCUT2D eigenvalue weighted by Crippen LogP contribution is -1.99. The third kappa shape index (κ3) is 2.11. The molecular formula is C12H14N4O2. The molecule has 1 aliphatic heterocycles. The second-order valence-corrected chi connectivity index (χ2v) is 4.26. The molecule has 0 amide bonds. The molecule has 18 heavy (non-hydrogen) atoms. The molecule has 6 heteroatoms. The Balaban J connectivity index is 1.82. The number of aryl methyl sites for hydroxylation is 1. The third-order valence-corrected chi connectivity index (χ3v) is 3.01. The fourth-order valence-corrected chi connectivity index (χ4v) is 1.90. The predicted octanol–water partition coefficient (Wildman–Crippen LogP) is 1.59. The molecule has 1 saturated heterocycles. The normalized spacial score (nSPS) is 19.3. The van der Waals surface area contributed by atoms with Gasteiger partial charge >= 0.3 is 0 Å². The minimum atomic E-state index is 0.248. The molecule has 1 aliphatic rings. The van der Waals surface area contributed by atoms with E-state index in [0.717, 1.165) is 30.8 Å². The standard InChI is InChI=1S/C12H14N4O2/c1-2-10-13-5-9(6-14-10)12-15-11(16-18-12)8-3-4-17-7-8/h5-6,8H,2-4,7H2,1H3/t8-/m1/s1. The monoisotopic (exact) mass is 246 g/mol. The lowest BCUT2D eigenvalue weighted by atomic mass is 10.1. The molecule has 2 aromatic heterocycles. The summed E-state index contributed by atoms with van der Waals surface area (Å²) in [6, 6.07) is 0. The summed E-state index contributed by atoms with van der Waals surface area (Å²) >= 11 is 0. The lowest BCUT2D eigenvalue weighted by Gasteiger charge is -1.98. The van der Waals surface area contributed by atoms with E-state index >= 15 is 0 Å². The van der Waals surface area contributed by atoms with Gasteiger partial charge in [0.2, 0.25) is 0 Å². The lowest BCUT2D eigenvalue weighted by molar-refractivity contribution is 0.192. The second-order valence-electron chi connectivity index (χ2n) is 4.26. The van der Waals surface area contributed by atoms with Crippen LogP contribution >= 0.6 is 0 Å². The molecular weight excluding hydrogens is 232 g/mol. The highest BCUT2D eigenvalue weighted by Crippen LogP contribution is 2.24. The number of hydrogen-bond donors (Lipinski definition) is 0. The van der Waals surface area contributed by atoms with Crippen molar-refractivity contribution in [3.63, 3.8) is 0 Å². The highest BCUT2D eigenvalue weighted by molar-refractivity contribution is 5.49. The molecule has 3 rings (SSSR count). The Kier molecular flexibility index (Phi) is 3.02. The van der Waals surface area contributed by atoms with Crippen LogP contribution in [0.2, 0.25) is 0 Å². The van der Waals surface area contributed by atoms with Crippen LogP contribution in [0.4, 0.5) is 0 Å². The van der Waals surface area contributed by atoms with Gasteiger partial charge in [-0.3, -0.25) is 0 Å². The van der Waals surface area contributed by atoms with E-state index in [-0.39, 0.29) is 5.92 Å². The van der Waals surface area contributed by atoms with Gasteiger partial charge in [0.1, 0.15) is 5.82 Å². The van der Waals surface area contributed by atoms with Crippen molar-refractivity contribution in [3.05, 3.63) is 24.0 Å². The summed E-state index contributed by atoms with van der Waals surface area (Å²) in [5, 5.41) is 4.00. The van der Waals surface area contributed by atoms with Gasteiger partial charge in [-0.25, -0.2) is 9.97 Å².